The Morgan fingerprint density at radius 1 is 1.11 bits per heavy atom. The van der Waals surface area contributed by atoms with Crippen LogP contribution < -0.4 is 10.5 Å². The van der Waals surface area contributed by atoms with E-state index in [1.165, 1.54) is 11.8 Å². The third kappa shape index (κ3) is 4.83. The van der Waals surface area contributed by atoms with Crippen molar-refractivity contribution < 1.29 is 9.53 Å². The number of aryl methyl sites for hydroxylation is 1. The lowest BCUT2D eigenvalue weighted by Crippen LogP contribution is -2.46. The lowest BCUT2D eigenvalue weighted by atomic mass is 10.1. The maximum absolute atomic E-state index is 13.7. The molecule has 2 fully saturated rings. The summed E-state index contributed by atoms with van der Waals surface area (Å²) in [6, 6.07) is 13.8. The lowest BCUT2D eigenvalue weighted by molar-refractivity contribution is -0.122. The van der Waals surface area contributed by atoms with E-state index in [9.17, 15) is 9.59 Å². The number of thiocarbonyl (C=S) groups is 1. The monoisotopic (exact) mass is 520 g/mol. The molecule has 7 nitrogen and oxygen atoms in total. The van der Waals surface area contributed by atoms with Crippen LogP contribution in [-0.2, 0) is 16.0 Å². The lowest BCUT2D eigenvalue weighted by Gasteiger charge is -2.36. The fourth-order valence-electron chi connectivity index (χ4n) is 4.73. The number of nitrogens with zero attached hydrogens (tertiary/aromatic N) is 4. The van der Waals surface area contributed by atoms with E-state index >= 15 is 0 Å². The Labute approximate surface area is 219 Å². The number of ether oxygens (including phenoxy) is 1. The predicted molar refractivity (Wildman–Crippen MR) is 148 cm³/mol. The summed E-state index contributed by atoms with van der Waals surface area (Å²) in [5, 5.41) is 0. The zero-order chi connectivity index (χ0) is 25.4. The minimum atomic E-state index is -0.208. The molecular weight excluding hydrogens is 492 g/mol. The minimum absolute atomic E-state index is 0.00470. The zero-order valence-electron chi connectivity index (χ0n) is 20.5. The van der Waals surface area contributed by atoms with Crippen molar-refractivity contribution in [2.45, 2.75) is 39.4 Å². The van der Waals surface area contributed by atoms with Crippen LogP contribution in [-0.4, -0.2) is 56.4 Å². The van der Waals surface area contributed by atoms with Crippen molar-refractivity contribution in [2.75, 3.05) is 24.5 Å². The van der Waals surface area contributed by atoms with Gasteiger partial charge in [-0.3, -0.25) is 18.9 Å². The van der Waals surface area contributed by atoms with E-state index in [4.69, 9.17) is 21.9 Å². The van der Waals surface area contributed by atoms with Gasteiger partial charge in [-0.1, -0.05) is 60.4 Å². The Balaban J connectivity index is 1.54. The summed E-state index contributed by atoms with van der Waals surface area (Å²) in [7, 11) is 0. The fourth-order valence-corrected chi connectivity index (χ4v) is 6.02. The summed E-state index contributed by atoms with van der Waals surface area (Å²) >= 11 is 6.78. The Bertz CT molecular complexity index is 1410. The molecule has 3 aromatic rings. The molecule has 5 rings (SSSR count). The first kappa shape index (κ1) is 24.7. The van der Waals surface area contributed by atoms with Gasteiger partial charge in [-0.15, -0.1) is 0 Å². The first-order valence-corrected chi connectivity index (χ1v) is 13.3. The molecule has 2 saturated heterocycles. The molecule has 2 unspecified atom stereocenters. The second kappa shape index (κ2) is 10.2. The molecule has 2 aromatic heterocycles. The van der Waals surface area contributed by atoms with Gasteiger partial charge in [0, 0.05) is 25.8 Å². The van der Waals surface area contributed by atoms with Crippen LogP contribution in [0.15, 0.2) is 58.4 Å². The molecule has 0 saturated carbocycles. The highest BCUT2D eigenvalue weighted by Gasteiger charge is 2.33. The second-order valence-corrected chi connectivity index (χ2v) is 10.9. The normalized spacial score (nSPS) is 21.7. The van der Waals surface area contributed by atoms with E-state index in [-0.39, 0.29) is 23.7 Å². The van der Waals surface area contributed by atoms with Crippen molar-refractivity contribution in [3.05, 3.63) is 80.6 Å². The average Bonchev–Trinajstić information content (AvgIpc) is 3.11. The third-order valence-corrected chi connectivity index (χ3v) is 7.78. The molecular formula is C27H28N4O3S2. The van der Waals surface area contributed by atoms with Crippen LogP contribution in [0.1, 0.15) is 30.5 Å². The SMILES string of the molecule is Cc1cccn2c(=O)c(/C=C3\SC(=S)N(CCc4ccccc4)C3=O)c(N3CC(C)OC(C)C3)nc12. The van der Waals surface area contributed by atoms with Crippen molar-refractivity contribution in [3.8, 4) is 0 Å². The molecule has 2 aliphatic rings. The standard InChI is InChI=1S/C27H28N4O3S2/c1-17-8-7-12-30-23(17)28-24(29-15-18(2)34-19(3)16-29)21(25(30)32)14-22-26(33)31(27(35)36-22)13-11-20-9-5-4-6-10-20/h4-10,12,14,18-19H,11,13,15-16H2,1-3H3/b22-14-. The predicted octanol–water partition coefficient (Wildman–Crippen LogP) is 4.06. The van der Waals surface area contributed by atoms with Crippen molar-refractivity contribution in [1.82, 2.24) is 14.3 Å². The molecule has 186 valence electrons. The number of pyridine rings is 1. The Morgan fingerprint density at radius 2 is 1.83 bits per heavy atom. The van der Waals surface area contributed by atoms with E-state index in [0.717, 1.165) is 11.1 Å². The molecule has 9 heteroatoms. The van der Waals surface area contributed by atoms with Crippen molar-refractivity contribution in [3.63, 3.8) is 0 Å². The molecule has 0 aliphatic carbocycles. The maximum atomic E-state index is 13.7. The van der Waals surface area contributed by atoms with E-state index < -0.39 is 0 Å². The summed E-state index contributed by atoms with van der Waals surface area (Å²) in [5.41, 5.74) is 2.84. The molecule has 4 heterocycles. The Kier molecular flexibility index (Phi) is 6.96. The van der Waals surface area contributed by atoms with Gasteiger partial charge in [0.2, 0.25) is 0 Å². The molecule has 0 spiro atoms. The molecule has 2 atom stereocenters. The third-order valence-electron chi connectivity index (χ3n) is 6.40. The van der Waals surface area contributed by atoms with Crippen LogP contribution in [0.4, 0.5) is 5.82 Å². The van der Waals surface area contributed by atoms with Crippen LogP contribution in [0.25, 0.3) is 11.7 Å². The number of benzene rings is 1. The van der Waals surface area contributed by atoms with Gasteiger partial charge < -0.3 is 9.64 Å². The van der Waals surface area contributed by atoms with Crippen LogP contribution in [0, 0.1) is 6.92 Å². The number of hydrogen-bond acceptors (Lipinski definition) is 7. The molecule has 2 aliphatic heterocycles. The van der Waals surface area contributed by atoms with Crippen LogP contribution in [0.2, 0.25) is 0 Å². The number of thioether (sulfide) groups is 1. The Morgan fingerprint density at radius 3 is 2.56 bits per heavy atom. The van der Waals surface area contributed by atoms with Gasteiger partial charge in [0.05, 0.1) is 22.7 Å². The summed E-state index contributed by atoms with van der Waals surface area (Å²) in [4.78, 5) is 36.2. The van der Waals surface area contributed by atoms with E-state index in [2.05, 4.69) is 4.90 Å². The Hall–Kier alpha value is -3.01. The molecule has 0 radical (unpaired) electrons. The highest BCUT2D eigenvalue weighted by atomic mass is 32.2. The van der Waals surface area contributed by atoms with Gasteiger partial charge in [0.1, 0.15) is 15.8 Å². The van der Waals surface area contributed by atoms with Crippen molar-refractivity contribution in [1.29, 1.82) is 0 Å². The van der Waals surface area contributed by atoms with Crippen LogP contribution >= 0.6 is 24.0 Å². The quantitative estimate of drug-likeness (QED) is 0.371. The number of morpholine rings is 1. The summed E-state index contributed by atoms with van der Waals surface area (Å²) in [6.07, 6.45) is 4.08. The molecule has 0 bridgehead atoms. The van der Waals surface area contributed by atoms with Gasteiger partial charge in [-0.2, -0.15) is 0 Å². The van der Waals surface area contributed by atoms with Gasteiger partial charge >= 0.3 is 0 Å². The van der Waals surface area contributed by atoms with Gasteiger partial charge in [0.15, 0.2) is 0 Å². The highest BCUT2D eigenvalue weighted by Crippen LogP contribution is 2.34. The van der Waals surface area contributed by atoms with E-state index in [1.807, 2.05) is 63.2 Å². The highest BCUT2D eigenvalue weighted by molar-refractivity contribution is 8.26. The number of aromatic nitrogens is 2. The first-order chi connectivity index (χ1) is 17.3. The fraction of sp³-hybridized carbons (Fsp3) is 0.333. The number of amides is 1. The second-order valence-electron chi connectivity index (χ2n) is 9.27. The van der Waals surface area contributed by atoms with Gasteiger partial charge in [0.25, 0.3) is 11.5 Å². The van der Waals surface area contributed by atoms with Crippen LogP contribution in [0.3, 0.4) is 0 Å². The number of rotatable bonds is 5. The van der Waals surface area contributed by atoms with Crippen molar-refractivity contribution >= 4 is 51.7 Å². The average molecular weight is 521 g/mol. The molecule has 36 heavy (non-hydrogen) atoms. The number of carbonyl (C=O) groups is 1. The zero-order valence-corrected chi connectivity index (χ0v) is 22.1. The van der Waals surface area contributed by atoms with E-state index in [1.54, 1.807) is 21.6 Å². The maximum Gasteiger partial charge on any atom is 0.267 e. The van der Waals surface area contributed by atoms with Gasteiger partial charge in [-0.25, -0.2) is 4.98 Å². The number of anilines is 1. The summed E-state index contributed by atoms with van der Waals surface area (Å²) < 4.78 is 7.96. The summed E-state index contributed by atoms with van der Waals surface area (Å²) in [5.74, 6) is 0.398. The summed E-state index contributed by atoms with van der Waals surface area (Å²) in [6.45, 7) is 7.67. The number of fused-ring (bicyclic) bond motifs is 1. The molecule has 0 N–H and O–H groups in total. The largest absolute Gasteiger partial charge is 0.372 e. The van der Waals surface area contributed by atoms with E-state index in [0.29, 0.717) is 52.3 Å². The van der Waals surface area contributed by atoms with Crippen molar-refractivity contribution in [2.24, 2.45) is 0 Å². The van der Waals surface area contributed by atoms with Crippen LogP contribution in [0.5, 0.6) is 0 Å². The topological polar surface area (TPSA) is 67.2 Å². The minimum Gasteiger partial charge on any atom is -0.372 e. The molecule has 1 aromatic carbocycles. The smallest absolute Gasteiger partial charge is 0.267 e. The first-order valence-electron chi connectivity index (χ1n) is 12.0. The number of hydrogen-bond donors (Lipinski definition) is 0. The molecule has 1 amide bonds. The van der Waals surface area contributed by atoms with Gasteiger partial charge in [-0.05, 0) is 50.5 Å². The number of carbonyl (C=O) groups excluding carboxylic acids is 1.